The van der Waals surface area contributed by atoms with Gasteiger partial charge in [-0.25, -0.2) is 9.67 Å². The molecule has 2 N–H and O–H groups in total. The third kappa shape index (κ3) is 2.24. The zero-order chi connectivity index (χ0) is 16.1. The van der Waals surface area contributed by atoms with Gasteiger partial charge in [0.25, 0.3) is 0 Å². The van der Waals surface area contributed by atoms with Crippen molar-refractivity contribution in [3.8, 4) is 5.69 Å². The molecule has 0 radical (unpaired) electrons. The summed E-state index contributed by atoms with van der Waals surface area (Å²) in [5.41, 5.74) is 3.92. The highest BCUT2D eigenvalue weighted by molar-refractivity contribution is 5.89. The van der Waals surface area contributed by atoms with E-state index in [2.05, 4.69) is 10.1 Å². The Kier molecular flexibility index (Phi) is 3.01. The maximum absolute atomic E-state index is 12.8. The lowest BCUT2D eigenvalue weighted by Crippen LogP contribution is -2.31. The molecular weight excluding hydrogens is 297 g/mol. The Morgan fingerprint density at radius 3 is 2.59 bits per heavy atom. The molecule has 5 nitrogen and oxygen atoms in total. The minimum absolute atomic E-state index is 0.206. The van der Waals surface area contributed by atoms with E-state index >= 15 is 0 Å². The van der Waals surface area contributed by atoms with Gasteiger partial charge in [0, 0.05) is 0 Å². The lowest BCUT2D eigenvalue weighted by Gasteiger charge is -2.13. The fourth-order valence-corrected chi connectivity index (χ4v) is 2.42. The lowest BCUT2D eigenvalue weighted by molar-refractivity contribution is -0.137. The van der Waals surface area contributed by atoms with Crippen LogP contribution in [0.1, 0.15) is 30.1 Å². The van der Waals surface area contributed by atoms with E-state index in [1.54, 1.807) is 6.92 Å². The summed E-state index contributed by atoms with van der Waals surface area (Å²) in [6, 6.07) is 4.75. The van der Waals surface area contributed by atoms with Crippen molar-refractivity contribution in [2.45, 2.75) is 31.4 Å². The molecule has 0 bridgehead atoms. The quantitative estimate of drug-likeness (QED) is 0.943. The van der Waals surface area contributed by atoms with Crippen molar-refractivity contribution in [1.82, 2.24) is 14.8 Å². The highest BCUT2D eigenvalue weighted by atomic mass is 19.4. The van der Waals surface area contributed by atoms with Crippen LogP contribution in [0, 0.1) is 6.92 Å². The number of carbonyl (C=O) groups is 1. The van der Waals surface area contributed by atoms with E-state index in [4.69, 9.17) is 5.73 Å². The summed E-state index contributed by atoms with van der Waals surface area (Å²) in [5, 5.41) is 4.12. The monoisotopic (exact) mass is 310 g/mol. The van der Waals surface area contributed by atoms with E-state index in [0.29, 0.717) is 24.5 Å². The van der Waals surface area contributed by atoms with E-state index < -0.39 is 23.1 Å². The van der Waals surface area contributed by atoms with Crippen molar-refractivity contribution in [3.63, 3.8) is 0 Å². The molecule has 1 aliphatic rings. The van der Waals surface area contributed by atoms with E-state index in [0.717, 1.165) is 12.1 Å². The van der Waals surface area contributed by atoms with Gasteiger partial charge in [-0.2, -0.15) is 18.3 Å². The molecule has 1 aromatic heterocycles. The minimum atomic E-state index is -4.45. The number of primary amides is 1. The van der Waals surface area contributed by atoms with Crippen LogP contribution in [0.25, 0.3) is 5.69 Å². The Hall–Kier alpha value is -2.38. The number of benzene rings is 1. The fraction of sp³-hybridized carbons (Fsp3) is 0.357. The summed E-state index contributed by atoms with van der Waals surface area (Å²) in [5.74, 6) is 0.143. The molecule has 22 heavy (non-hydrogen) atoms. The summed E-state index contributed by atoms with van der Waals surface area (Å²) in [6.07, 6.45) is -3.40. The summed E-state index contributed by atoms with van der Waals surface area (Å²) in [7, 11) is 0. The van der Waals surface area contributed by atoms with E-state index in [9.17, 15) is 18.0 Å². The number of halogens is 3. The van der Waals surface area contributed by atoms with E-state index in [1.807, 2.05) is 0 Å². The standard InChI is InChI=1S/C14H13F3N4O/c1-8-19-12(13(5-6-13)11(18)22)21(20-8)10-4-2-3-9(7-10)14(15,16)17/h2-4,7H,5-6H2,1H3,(H2,18,22). The number of amides is 1. The van der Waals surface area contributed by atoms with Crippen LogP contribution in [0.3, 0.4) is 0 Å². The summed E-state index contributed by atoms with van der Waals surface area (Å²) in [6.45, 7) is 1.62. The van der Waals surface area contributed by atoms with Gasteiger partial charge in [-0.3, -0.25) is 4.79 Å². The Labute approximate surface area is 123 Å². The SMILES string of the molecule is Cc1nc(C2(C(N)=O)CC2)n(-c2cccc(C(F)(F)F)c2)n1. The van der Waals surface area contributed by atoms with Gasteiger partial charge in [0.15, 0.2) is 0 Å². The van der Waals surface area contributed by atoms with Gasteiger partial charge in [-0.15, -0.1) is 0 Å². The second kappa shape index (κ2) is 4.56. The number of hydrogen-bond donors (Lipinski definition) is 1. The Bertz CT molecular complexity index is 747. The molecule has 2 aromatic rings. The minimum Gasteiger partial charge on any atom is -0.369 e. The topological polar surface area (TPSA) is 73.8 Å². The molecule has 116 valence electrons. The molecule has 1 aliphatic carbocycles. The largest absolute Gasteiger partial charge is 0.416 e. The smallest absolute Gasteiger partial charge is 0.369 e. The molecule has 0 spiro atoms. The Morgan fingerprint density at radius 1 is 1.36 bits per heavy atom. The average Bonchev–Trinajstić information content (AvgIpc) is 3.16. The van der Waals surface area contributed by atoms with E-state index in [1.165, 1.54) is 16.8 Å². The molecule has 8 heteroatoms. The molecular formula is C14H13F3N4O. The third-order valence-electron chi connectivity index (χ3n) is 3.78. The van der Waals surface area contributed by atoms with Crippen molar-refractivity contribution in [3.05, 3.63) is 41.5 Å². The van der Waals surface area contributed by atoms with Crippen LogP contribution in [-0.2, 0) is 16.4 Å². The molecule has 1 fully saturated rings. The van der Waals surface area contributed by atoms with Gasteiger partial charge >= 0.3 is 6.18 Å². The second-order valence-electron chi connectivity index (χ2n) is 5.39. The molecule has 3 rings (SSSR count). The Morgan fingerprint density at radius 2 is 2.05 bits per heavy atom. The van der Waals surface area contributed by atoms with Crippen molar-refractivity contribution in [2.24, 2.45) is 5.73 Å². The van der Waals surface area contributed by atoms with Gasteiger partial charge in [0.1, 0.15) is 17.1 Å². The summed E-state index contributed by atoms with van der Waals surface area (Å²) < 4.78 is 39.8. The van der Waals surface area contributed by atoms with Crippen molar-refractivity contribution >= 4 is 5.91 Å². The second-order valence-corrected chi connectivity index (χ2v) is 5.39. The zero-order valence-corrected chi connectivity index (χ0v) is 11.7. The lowest BCUT2D eigenvalue weighted by atomic mass is 10.1. The van der Waals surface area contributed by atoms with Crippen molar-refractivity contribution in [2.75, 3.05) is 0 Å². The predicted molar refractivity (Wildman–Crippen MR) is 71.2 cm³/mol. The number of alkyl halides is 3. The molecule has 0 aliphatic heterocycles. The van der Waals surface area contributed by atoms with Crippen LogP contribution in [0.5, 0.6) is 0 Å². The third-order valence-corrected chi connectivity index (χ3v) is 3.78. The van der Waals surface area contributed by atoms with Crippen LogP contribution in [0.4, 0.5) is 13.2 Å². The molecule has 0 saturated heterocycles. The molecule has 1 amide bonds. The number of rotatable bonds is 3. The molecule has 1 saturated carbocycles. The van der Waals surface area contributed by atoms with Crippen LogP contribution < -0.4 is 5.73 Å². The number of aromatic nitrogens is 3. The number of hydrogen-bond acceptors (Lipinski definition) is 3. The summed E-state index contributed by atoms with van der Waals surface area (Å²) in [4.78, 5) is 15.9. The van der Waals surface area contributed by atoms with Crippen molar-refractivity contribution < 1.29 is 18.0 Å². The fourth-order valence-electron chi connectivity index (χ4n) is 2.42. The van der Waals surface area contributed by atoms with Gasteiger partial charge < -0.3 is 5.73 Å². The highest BCUT2D eigenvalue weighted by Gasteiger charge is 2.54. The number of nitrogens with two attached hydrogens (primary N) is 1. The predicted octanol–water partition coefficient (Wildman–Crippen LogP) is 2.11. The number of nitrogens with zero attached hydrogens (tertiary/aromatic N) is 3. The van der Waals surface area contributed by atoms with Gasteiger partial charge in [0.05, 0.1) is 11.3 Å². The first-order valence-electron chi connectivity index (χ1n) is 6.66. The molecule has 0 unspecified atom stereocenters. The van der Waals surface area contributed by atoms with Gasteiger partial charge in [-0.05, 0) is 38.0 Å². The van der Waals surface area contributed by atoms with Gasteiger partial charge in [0.2, 0.25) is 5.91 Å². The number of carbonyl (C=O) groups excluding carboxylic acids is 1. The first-order chi connectivity index (χ1) is 10.2. The first-order valence-corrected chi connectivity index (χ1v) is 6.66. The Balaban J connectivity index is 2.13. The van der Waals surface area contributed by atoms with Crippen LogP contribution >= 0.6 is 0 Å². The summed E-state index contributed by atoms with van der Waals surface area (Å²) >= 11 is 0. The zero-order valence-electron chi connectivity index (χ0n) is 11.7. The maximum Gasteiger partial charge on any atom is 0.416 e. The molecule has 1 heterocycles. The van der Waals surface area contributed by atoms with Gasteiger partial charge in [-0.1, -0.05) is 6.07 Å². The first kappa shape index (κ1) is 14.6. The molecule has 0 atom stereocenters. The van der Waals surface area contributed by atoms with Crippen molar-refractivity contribution in [1.29, 1.82) is 0 Å². The maximum atomic E-state index is 12.8. The molecule has 1 aromatic carbocycles. The van der Waals surface area contributed by atoms with E-state index in [-0.39, 0.29) is 5.69 Å². The normalized spacial score (nSPS) is 16.5. The average molecular weight is 310 g/mol. The van der Waals surface area contributed by atoms with Crippen LogP contribution in [0.15, 0.2) is 24.3 Å². The highest BCUT2D eigenvalue weighted by Crippen LogP contribution is 2.47. The van der Waals surface area contributed by atoms with Crippen LogP contribution in [0.2, 0.25) is 0 Å². The number of aryl methyl sites for hydroxylation is 1. The van der Waals surface area contributed by atoms with Crippen LogP contribution in [-0.4, -0.2) is 20.7 Å².